The number of hydrogen-bond acceptors (Lipinski definition) is 5. The van der Waals surface area contributed by atoms with Crippen molar-refractivity contribution < 1.29 is 18.3 Å². The van der Waals surface area contributed by atoms with Gasteiger partial charge < -0.3 is 21.5 Å². The Bertz CT molecular complexity index is 741. The Morgan fingerprint density at radius 2 is 2.09 bits per heavy atom. The van der Waals surface area contributed by atoms with E-state index in [1.807, 2.05) is 0 Å². The summed E-state index contributed by atoms with van der Waals surface area (Å²) in [6.45, 7) is 0.991. The normalized spacial score (nSPS) is 18.5. The standard InChI is InChI=1S/C14H20N4O4S/c1-23(21,22)12-7-9(13(20)17-14(15)16)4-5-11(12)18-6-2-3-10(19)8-18/h4-5,7,10,19H,2-3,6,8H2,1H3,(H4,15,16,17,20). The number of guanidine groups is 1. The monoisotopic (exact) mass is 340 g/mol. The second-order valence-electron chi connectivity index (χ2n) is 5.54. The number of piperidine rings is 1. The average Bonchev–Trinajstić information content (AvgIpc) is 2.45. The van der Waals surface area contributed by atoms with Crippen LogP contribution in [0.3, 0.4) is 0 Å². The van der Waals surface area contributed by atoms with Crippen molar-refractivity contribution in [3.05, 3.63) is 23.8 Å². The molecule has 1 aliphatic heterocycles. The fourth-order valence-electron chi connectivity index (χ4n) is 2.56. The van der Waals surface area contributed by atoms with Crippen LogP contribution in [0.25, 0.3) is 0 Å². The average molecular weight is 340 g/mol. The molecular weight excluding hydrogens is 320 g/mol. The Labute approximate surface area is 134 Å². The van der Waals surface area contributed by atoms with Crippen LogP contribution in [0.15, 0.2) is 28.1 Å². The Hall–Kier alpha value is -2.13. The molecule has 2 rings (SSSR count). The Morgan fingerprint density at radius 1 is 1.39 bits per heavy atom. The van der Waals surface area contributed by atoms with E-state index in [1.54, 1.807) is 11.0 Å². The van der Waals surface area contributed by atoms with Crippen molar-refractivity contribution in [1.29, 1.82) is 0 Å². The summed E-state index contributed by atoms with van der Waals surface area (Å²) >= 11 is 0. The van der Waals surface area contributed by atoms with E-state index >= 15 is 0 Å². The molecule has 1 heterocycles. The topological polar surface area (TPSA) is 139 Å². The third kappa shape index (κ3) is 4.20. The maximum absolute atomic E-state index is 12.1. The van der Waals surface area contributed by atoms with Crippen molar-refractivity contribution >= 4 is 27.4 Å². The lowest BCUT2D eigenvalue weighted by Gasteiger charge is -2.33. The Balaban J connectivity index is 2.48. The number of amides is 1. The minimum absolute atomic E-state index is 0.0169. The molecule has 9 heteroatoms. The molecule has 1 aliphatic rings. The SMILES string of the molecule is CS(=O)(=O)c1cc(C(=O)N=C(N)N)ccc1N1CCCC(O)C1. The number of aliphatic imine (C=N–C) groups is 1. The summed E-state index contributed by atoms with van der Waals surface area (Å²) < 4.78 is 24.2. The van der Waals surface area contributed by atoms with Gasteiger partial charge in [-0.15, -0.1) is 0 Å². The van der Waals surface area contributed by atoms with Gasteiger partial charge in [0.05, 0.1) is 16.7 Å². The fraction of sp³-hybridized carbons (Fsp3) is 0.429. The highest BCUT2D eigenvalue weighted by atomic mass is 32.2. The molecular formula is C14H20N4O4S. The van der Waals surface area contributed by atoms with Crippen LogP contribution in [0.2, 0.25) is 0 Å². The van der Waals surface area contributed by atoms with Crippen LogP contribution in [-0.4, -0.2) is 50.8 Å². The minimum Gasteiger partial charge on any atom is -0.391 e. The lowest BCUT2D eigenvalue weighted by atomic mass is 10.1. The quantitative estimate of drug-likeness (QED) is 0.496. The molecule has 1 aromatic rings. The molecule has 0 radical (unpaired) electrons. The number of nitrogens with two attached hydrogens (primary N) is 2. The zero-order valence-corrected chi connectivity index (χ0v) is 13.6. The Kier molecular flexibility index (Phi) is 4.90. The van der Waals surface area contributed by atoms with Crippen LogP contribution in [0.1, 0.15) is 23.2 Å². The van der Waals surface area contributed by atoms with E-state index in [0.717, 1.165) is 12.7 Å². The van der Waals surface area contributed by atoms with E-state index in [4.69, 9.17) is 11.5 Å². The molecule has 0 aromatic heterocycles. The number of anilines is 1. The van der Waals surface area contributed by atoms with Gasteiger partial charge >= 0.3 is 0 Å². The molecule has 1 fully saturated rings. The molecule has 1 atom stereocenters. The van der Waals surface area contributed by atoms with Crippen LogP contribution in [0.5, 0.6) is 0 Å². The van der Waals surface area contributed by atoms with Crippen molar-refractivity contribution in [3.63, 3.8) is 0 Å². The van der Waals surface area contributed by atoms with Gasteiger partial charge in [-0.2, -0.15) is 4.99 Å². The molecule has 1 saturated heterocycles. The Morgan fingerprint density at radius 3 is 2.65 bits per heavy atom. The van der Waals surface area contributed by atoms with Crippen LogP contribution in [0.4, 0.5) is 5.69 Å². The maximum atomic E-state index is 12.1. The van der Waals surface area contributed by atoms with Gasteiger partial charge in [-0.1, -0.05) is 0 Å². The number of aliphatic hydroxyl groups is 1. The van der Waals surface area contributed by atoms with Crippen LogP contribution in [0, 0.1) is 0 Å². The second kappa shape index (κ2) is 6.55. The van der Waals surface area contributed by atoms with Gasteiger partial charge in [-0.05, 0) is 31.0 Å². The van der Waals surface area contributed by atoms with E-state index in [2.05, 4.69) is 4.99 Å². The third-order valence-electron chi connectivity index (χ3n) is 3.57. The molecule has 23 heavy (non-hydrogen) atoms. The van der Waals surface area contributed by atoms with Gasteiger partial charge in [0.1, 0.15) is 0 Å². The highest BCUT2D eigenvalue weighted by Crippen LogP contribution is 2.29. The first kappa shape index (κ1) is 17.2. The zero-order valence-electron chi connectivity index (χ0n) is 12.8. The number of rotatable bonds is 3. The minimum atomic E-state index is -3.57. The van der Waals surface area contributed by atoms with Crippen molar-refractivity contribution in [1.82, 2.24) is 0 Å². The number of nitrogens with zero attached hydrogens (tertiary/aromatic N) is 2. The summed E-state index contributed by atoms with van der Waals surface area (Å²) in [6.07, 6.45) is 2.02. The summed E-state index contributed by atoms with van der Waals surface area (Å²) in [6, 6.07) is 4.28. The highest BCUT2D eigenvalue weighted by molar-refractivity contribution is 7.90. The van der Waals surface area contributed by atoms with Crippen molar-refractivity contribution in [2.24, 2.45) is 16.5 Å². The lowest BCUT2D eigenvalue weighted by Crippen LogP contribution is -2.38. The van der Waals surface area contributed by atoms with E-state index in [0.29, 0.717) is 25.2 Å². The van der Waals surface area contributed by atoms with Gasteiger partial charge in [0.25, 0.3) is 5.91 Å². The molecule has 1 unspecified atom stereocenters. The predicted octanol–water partition coefficient (Wildman–Crippen LogP) is -0.535. The van der Waals surface area contributed by atoms with Crippen molar-refractivity contribution in [2.45, 2.75) is 23.8 Å². The van der Waals surface area contributed by atoms with Crippen molar-refractivity contribution in [2.75, 3.05) is 24.2 Å². The molecule has 126 valence electrons. The summed E-state index contributed by atoms with van der Waals surface area (Å²) in [5.74, 6) is -1.10. The number of β-amino-alcohol motifs (C(OH)–C–C–N with tert-alkyl or cyclic N) is 1. The number of carbonyl (C=O) groups is 1. The van der Waals surface area contributed by atoms with Crippen LogP contribution in [-0.2, 0) is 9.84 Å². The molecule has 1 aromatic carbocycles. The number of carbonyl (C=O) groups excluding carboxylic acids is 1. The van der Waals surface area contributed by atoms with Crippen molar-refractivity contribution in [3.8, 4) is 0 Å². The molecule has 0 spiro atoms. The third-order valence-corrected chi connectivity index (χ3v) is 4.70. The number of benzene rings is 1. The first-order valence-electron chi connectivity index (χ1n) is 7.09. The first-order valence-corrected chi connectivity index (χ1v) is 8.98. The summed E-state index contributed by atoms with van der Waals surface area (Å²) in [4.78, 5) is 17.1. The molecule has 0 saturated carbocycles. The second-order valence-corrected chi connectivity index (χ2v) is 7.52. The molecule has 0 bridgehead atoms. The van der Waals surface area contributed by atoms with Crippen LogP contribution < -0.4 is 16.4 Å². The largest absolute Gasteiger partial charge is 0.391 e. The van der Waals surface area contributed by atoms with Gasteiger partial charge in [0, 0.05) is 24.9 Å². The fourth-order valence-corrected chi connectivity index (χ4v) is 3.48. The number of aliphatic hydroxyl groups excluding tert-OH is 1. The number of hydrogen-bond donors (Lipinski definition) is 3. The van der Waals surface area contributed by atoms with E-state index in [9.17, 15) is 18.3 Å². The smallest absolute Gasteiger partial charge is 0.280 e. The number of sulfone groups is 1. The summed E-state index contributed by atoms with van der Waals surface area (Å²) in [7, 11) is -3.57. The molecule has 5 N–H and O–H groups in total. The zero-order chi connectivity index (χ0) is 17.2. The highest BCUT2D eigenvalue weighted by Gasteiger charge is 2.24. The lowest BCUT2D eigenvalue weighted by molar-refractivity contribution is 0.100. The van der Waals surface area contributed by atoms with E-state index in [1.165, 1.54) is 12.1 Å². The summed E-state index contributed by atoms with van der Waals surface area (Å²) in [5.41, 5.74) is 10.9. The predicted molar refractivity (Wildman–Crippen MR) is 87.1 cm³/mol. The first-order chi connectivity index (χ1) is 10.7. The van der Waals surface area contributed by atoms with E-state index in [-0.39, 0.29) is 16.4 Å². The van der Waals surface area contributed by atoms with Crippen LogP contribution >= 0.6 is 0 Å². The van der Waals surface area contributed by atoms with Gasteiger partial charge in [-0.25, -0.2) is 8.42 Å². The summed E-state index contributed by atoms with van der Waals surface area (Å²) in [5, 5.41) is 9.79. The van der Waals surface area contributed by atoms with Gasteiger partial charge in [0.2, 0.25) is 0 Å². The molecule has 0 aliphatic carbocycles. The molecule has 1 amide bonds. The van der Waals surface area contributed by atoms with E-state index < -0.39 is 21.8 Å². The molecule has 8 nitrogen and oxygen atoms in total. The van der Waals surface area contributed by atoms with Gasteiger partial charge in [0.15, 0.2) is 15.8 Å². The maximum Gasteiger partial charge on any atom is 0.280 e. The van der Waals surface area contributed by atoms with Gasteiger partial charge in [-0.3, -0.25) is 4.79 Å².